The van der Waals surface area contributed by atoms with Crippen LogP contribution in [-0.2, 0) is 17.1 Å². The molecule has 0 spiro atoms. The molecule has 0 unspecified atom stereocenters. The lowest BCUT2D eigenvalue weighted by Crippen LogP contribution is -2.17. The van der Waals surface area contributed by atoms with Crippen LogP contribution in [0.3, 0.4) is 0 Å². The maximum absolute atomic E-state index is 12.3. The highest BCUT2D eigenvalue weighted by molar-refractivity contribution is 7.92. The number of aryl methyl sites for hydroxylation is 1. The highest BCUT2D eigenvalue weighted by Gasteiger charge is 2.24. The summed E-state index contributed by atoms with van der Waals surface area (Å²) in [5.41, 5.74) is -0.165. The predicted octanol–water partition coefficient (Wildman–Crippen LogP) is 2.23. The standard InChI is InChI=1S/C11H9Cl2N3O4S/c1-16-10(8(13)5-14-16)21(19,20)15-9-4-6(11(17)18)2-3-7(9)12/h2-5,15H,1H3,(H,17,18). The number of sulfonamides is 1. The van der Waals surface area contributed by atoms with E-state index in [1.165, 1.54) is 25.4 Å². The van der Waals surface area contributed by atoms with Crippen LogP contribution in [0.4, 0.5) is 5.69 Å². The lowest BCUT2D eigenvalue weighted by atomic mass is 10.2. The predicted molar refractivity (Wildman–Crippen MR) is 77.4 cm³/mol. The van der Waals surface area contributed by atoms with E-state index in [-0.39, 0.29) is 26.3 Å². The van der Waals surface area contributed by atoms with E-state index < -0.39 is 16.0 Å². The summed E-state index contributed by atoms with van der Waals surface area (Å²) in [6, 6.07) is 3.67. The quantitative estimate of drug-likeness (QED) is 0.881. The maximum Gasteiger partial charge on any atom is 0.335 e. The van der Waals surface area contributed by atoms with Crippen LogP contribution in [0.15, 0.2) is 29.4 Å². The van der Waals surface area contributed by atoms with Crippen molar-refractivity contribution in [3.63, 3.8) is 0 Å². The van der Waals surface area contributed by atoms with Gasteiger partial charge in [0.05, 0.1) is 27.5 Å². The molecule has 21 heavy (non-hydrogen) atoms. The van der Waals surface area contributed by atoms with Gasteiger partial charge in [-0.2, -0.15) is 13.5 Å². The Hall–Kier alpha value is -1.77. The number of hydrogen-bond acceptors (Lipinski definition) is 4. The Labute approximate surface area is 130 Å². The van der Waals surface area contributed by atoms with Gasteiger partial charge >= 0.3 is 5.97 Å². The topological polar surface area (TPSA) is 101 Å². The fraction of sp³-hybridized carbons (Fsp3) is 0.0909. The molecule has 10 heteroatoms. The van der Waals surface area contributed by atoms with Crippen molar-refractivity contribution in [3.8, 4) is 0 Å². The van der Waals surface area contributed by atoms with Gasteiger partial charge in [0.1, 0.15) is 0 Å². The molecule has 0 aliphatic heterocycles. The van der Waals surface area contributed by atoms with E-state index >= 15 is 0 Å². The Balaban J connectivity index is 2.46. The van der Waals surface area contributed by atoms with Crippen molar-refractivity contribution in [1.29, 1.82) is 0 Å². The molecule has 0 radical (unpaired) electrons. The molecule has 2 aromatic rings. The Morgan fingerprint density at radius 2 is 2.00 bits per heavy atom. The molecule has 0 saturated heterocycles. The minimum Gasteiger partial charge on any atom is -0.478 e. The summed E-state index contributed by atoms with van der Waals surface area (Å²) >= 11 is 11.7. The third kappa shape index (κ3) is 3.12. The average Bonchev–Trinajstić information content (AvgIpc) is 2.71. The van der Waals surface area contributed by atoms with Crippen molar-refractivity contribution in [1.82, 2.24) is 9.78 Å². The summed E-state index contributed by atoms with van der Waals surface area (Å²) in [5.74, 6) is -1.20. The van der Waals surface area contributed by atoms with Crippen molar-refractivity contribution in [2.24, 2.45) is 7.05 Å². The third-order valence-corrected chi connectivity index (χ3v) is 4.75. The van der Waals surface area contributed by atoms with Gasteiger partial charge in [-0.1, -0.05) is 23.2 Å². The van der Waals surface area contributed by atoms with E-state index in [2.05, 4.69) is 9.82 Å². The molecule has 112 valence electrons. The van der Waals surface area contributed by atoms with E-state index in [0.29, 0.717) is 0 Å². The lowest BCUT2D eigenvalue weighted by molar-refractivity contribution is 0.0697. The van der Waals surface area contributed by atoms with Crippen LogP contribution in [0.25, 0.3) is 0 Å². The smallest absolute Gasteiger partial charge is 0.335 e. The summed E-state index contributed by atoms with van der Waals surface area (Å²) in [6.07, 6.45) is 1.19. The maximum atomic E-state index is 12.3. The molecule has 2 N–H and O–H groups in total. The average molecular weight is 350 g/mol. The van der Waals surface area contributed by atoms with Crippen molar-refractivity contribution < 1.29 is 18.3 Å². The highest BCUT2D eigenvalue weighted by Crippen LogP contribution is 2.28. The zero-order valence-electron chi connectivity index (χ0n) is 10.5. The van der Waals surface area contributed by atoms with Crippen molar-refractivity contribution in [2.45, 2.75) is 5.03 Å². The van der Waals surface area contributed by atoms with E-state index in [9.17, 15) is 13.2 Å². The van der Waals surface area contributed by atoms with Crippen molar-refractivity contribution in [2.75, 3.05) is 4.72 Å². The fourth-order valence-electron chi connectivity index (χ4n) is 1.63. The SMILES string of the molecule is Cn1ncc(Cl)c1S(=O)(=O)Nc1cc(C(=O)O)ccc1Cl. The number of rotatable bonds is 4. The van der Waals surface area contributed by atoms with E-state index in [4.69, 9.17) is 28.3 Å². The number of nitrogens with one attached hydrogen (secondary N) is 1. The van der Waals surface area contributed by atoms with Crippen molar-refractivity contribution >= 4 is 44.9 Å². The number of halogens is 2. The molecule has 0 amide bonds. The molecule has 0 saturated carbocycles. The van der Waals surface area contributed by atoms with E-state index in [1.807, 2.05) is 0 Å². The number of aromatic carboxylic acids is 1. The van der Waals surface area contributed by atoms with Crippen LogP contribution < -0.4 is 4.72 Å². The second-order valence-corrected chi connectivity index (χ2v) is 6.44. The Kier molecular flexibility index (Phi) is 4.13. The van der Waals surface area contributed by atoms with Crippen LogP contribution in [0.2, 0.25) is 10.0 Å². The normalized spacial score (nSPS) is 11.4. The molecule has 0 bridgehead atoms. The monoisotopic (exact) mass is 349 g/mol. The van der Waals surface area contributed by atoms with Crippen LogP contribution in [0, 0.1) is 0 Å². The second-order valence-electron chi connectivity index (χ2n) is 4.03. The minimum absolute atomic E-state index is 0.0573. The number of carbonyl (C=O) groups is 1. The first-order chi connectivity index (χ1) is 9.72. The highest BCUT2D eigenvalue weighted by atomic mass is 35.5. The Bertz CT molecular complexity index is 797. The van der Waals surface area contributed by atoms with E-state index in [1.54, 1.807) is 0 Å². The molecule has 0 fully saturated rings. The summed E-state index contributed by atoms with van der Waals surface area (Å²) in [6.45, 7) is 0. The Morgan fingerprint density at radius 3 is 2.52 bits per heavy atom. The second kappa shape index (κ2) is 5.55. The number of carboxylic acid groups (broad SMARTS) is 1. The van der Waals surface area contributed by atoms with Gasteiger partial charge in [0.2, 0.25) is 0 Å². The first kappa shape index (κ1) is 15.6. The molecular formula is C11H9Cl2N3O4S. The molecule has 1 heterocycles. The first-order valence-corrected chi connectivity index (χ1v) is 7.69. The molecular weight excluding hydrogens is 341 g/mol. The number of benzene rings is 1. The van der Waals surface area contributed by atoms with Gasteiger partial charge < -0.3 is 5.11 Å². The minimum atomic E-state index is -4.06. The number of carboxylic acids is 1. The molecule has 1 aromatic carbocycles. The molecule has 0 aliphatic rings. The molecule has 1 aromatic heterocycles. The van der Waals surface area contributed by atoms with Gasteiger partial charge in [0, 0.05) is 7.05 Å². The summed E-state index contributed by atoms with van der Waals surface area (Å²) in [7, 11) is -2.64. The van der Waals surface area contributed by atoms with Crippen molar-refractivity contribution in [3.05, 3.63) is 40.0 Å². The van der Waals surface area contributed by atoms with E-state index in [0.717, 1.165) is 10.7 Å². The van der Waals surface area contributed by atoms with Gasteiger partial charge in [-0.25, -0.2) is 4.79 Å². The van der Waals surface area contributed by atoms with Gasteiger partial charge in [0.25, 0.3) is 10.0 Å². The zero-order valence-corrected chi connectivity index (χ0v) is 12.9. The van der Waals surface area contributed by atoms with Crippen LogP contribution in [0.5, 0.6) is 0 Å². The van der Waals surface area contributed by atoms with Crippen LogP contribution >= 0.6 is 23.2 Å². The molecule has 0 atom stereocenters. The van der Waals surface area contributed by atoms with Gasteiger partial charge in [0.15, 0.2) is 5.03 Å². The molecule has 0 aliphatic carbocycles. The Morgan fingerprint density at radius 1 is 1.33 bits per heavy atom. The number of aromatic nitrogens is 2. The number of anilines is 1. The van der Waals surface area contributed by atoms with Gasteiger partial charge in [-0.05, 0) is 18.2 Å². The first-order valence-electron chi connectivity index (χ1n) is 5.45. The largest absolute Gasteiger partial charge is 0.478 e. The number of hydrogen-bond donors (Lipinski definition) is 2. The van der Waals surface area contributed by atoms with Gasteiger partial charge in [-0.15, -0.1) is 0 Å². The third-order valence-electron chi connectivity index (χ3n) is 2.55. The van der Waals surface area contributed by atoms with Crippen LogP contribution in [-0.4, -0.2) is 29.3 Å². The fourth-order valence-corrected chi connectivity index (χ4v) is 3.58. The summed E-state index contributed by atoms with van der Waals surface area (Å²) < 4.78 is 27.8. The summed E-state index contributed by atoms with van der Waals surface area (Å²) in [5, 5.41) is 12.4. The molecule has 2 rings (SSSR count). The lowest BCUT2D eigenvalue weighted by Gasteiger charge is -2.10. The summed E-state index contributed by atoms with van der Waals surface area (Å²) in [4.78, 5) is 10.9. The zero-order chi connectivity index (χ0) is 15.8. The van der Waals surface area contributed by atoms with Gasteiger partial charge in [-0.3, -0.25) is 9.40 Å². The molecule has 7 nitrogen and oxygen atoms in total. The van der Waals surface area contributed by atoms with Crippen LogP contribution in [0.1, 0.15) is 10.4 Å². The number of nitrogens with zero attached hydrogens (tertiary/aromatic N) is 2.